The predicted octanol–water partition coefficient (Wildman–Crippen LogP) is 2.85. The average molecular weight is 215 g/mol. The van der Waals surface area contributed by atoms with Gasteiger partial charge < -0.3 is 4.42 Å². The van der Waals surface area contributed by atoms with Gasteiger partial charge in [0.2, 0.25) is 5.89 Å². The van der Waals surface area contributed by atoms with E-state index in [4.69, 9.17) is 16.0 Å². The summed E-state index contributed by atoms with van der Waals surface area (Å²) in [5.41, 5.74) is 0.753. The first kappa shape index (κ1) is 8.72. The van der Waals surface area contributed by atoms with Gasteiger partial charge in [0.15, 0.2) is 0 Å². The van der Waals surface area contributed by atoms with E-state index in [1.54, 1.807) is 23.8 Å². The van der Waals surface area contributed by atoms with Gasteiger partial charge in [0.25, 0.3) is 0 Å². The van der Waals surface area contributed by atoms with Crippen molar-refractivity contribution in [3.05, 3.63) is 23.2 Å². The topological polar surface area (TPSA) is 38.9 Å². The lowest BCUT2D eigenvalue weighted by molar-refractivity contribution is 0.574. The number of hydrogen-bond donors (Lipinski definition) is 0. The maximum atomic E-state index is 5.60. The van der Waals surface area contributed by atoms with Crippen LogP contribution in [0.15, 0.2) is 16.9 Å². The number of nitrogens with zero attached hydrogens (tertiary/aromatic N) is 2. The van der Waals surface area contributed by atoms with Gasteiger partial charge in [-0.2, -0.15) is 0 Å². The van der Waals surface area contributed by atoms with E-state index in [-0.39, 0.29) is 0 Å². The Morgan fingerprint density at radius 1 is 1.62 bits per heavy atom. The van der Waals surface area contributed by atoms with Crippen LogP contribution in [0.2, 0.25) is 0 Å². The quantitative estimate of drug-likeness (QED) is 0.722. The van der Waals surface area contributed by atoms with E-state index < -0.39 is 0 Å². The van der Waals surface area contributed by atoms with Crippen molar-refractivity contribution in [3.63, 3.8) is 0 Å². The smallest absolute Gasteiger partial charge is 0.238 e. The fourth-order valence-electron chi connectivity index (χ4n) is 0.942. The van der Waals surface area contributed by atoms with Crippen molar-refractivity contribution in [2.75, 3.05) is 0 Å². The Hall–Kier alpha value is -0.870. The summed E-state index contributed by atoms with van der Waals surface area (Å²) >= 11 is 7.15. The number of halogens is 1. The van der Waals surface area contributed by atoms with E-state index >= 15 is 0 Å². The Labute approximate surface area is 84.4 Å². The van der Waals surface area contributed by atoms with E-state index in [2.05, 4.69) is 9.97 Å². The van der Waals surface area contributed by atoms with Crippen LogP contribution >= 0.6 is 22.9 Å². The molecule has 0 aliphatic carbocycles. The van der Waals surface area contributed by atoms with Gasteiger partial charge in [-0.3, -0.25) is 0 Å². The summed E-state index contributed by atoms with van der Waals surface area (Å²) in [5, 5.41) is 1.00. The van der Waals surface area contributed by atoms with Gasteiger partial charge in [-0.25, -0.2) is 9.97 Å². The number of rotatable bonds is 2. The maximum absolute atomic E-state index is 5.60. The lowest BCUT2D eigenvalue weighted by Gasteiger charge is -1.83. The number of aryl methyl sites for hydroxylation is 1. The summed E-state index contributed by atoms with van der Waals surface area (Å²) in [6.07, 6.45) is 3.32. The highest BCUT2D eigenvalue weighted by molar-refractivity contribution is 7.14. The Morgan fingerprint density at radius 2 is 2.46 bits per heavy atom. The Morgan fingerprint density at radius 3 is 3.00 bits per heavy atom. The average Bonchev–Trinajstić information content (AvgIpc) is 2.71. The number of oxazole rings is 1. The van der Waals surface area contributed by atoms with Gasteiger partial charge in [0, 0.05) is 0 Å². The predicted molar refractivity (Wildman–Crippen MR) is 51.9 cm³/mol. The normalized spacial score (nSPS) is 10.6. The Kier molecular flexibility index (Phi) is 2.33. The molecule has 0 radical (unpaired) electrons. The minimum atomic E-state index is 0.376. The van der Waals surface area contributed by atoms with Crippen LogP contribution in [0.1, 0.15) is 10.7 Å². The van der Waals surface area contributed by atoms with Gasteiger partial charge in [-0.05, 0) is 6.92 Å². The van der Waals surface area contributed by atoms with Gasteiger partial charge in [-0.15, -0.1) is 22.9 Å². The van der Waals surface area contributed by atoms with Crippen LogP contribution in [0.5, 0.6) is 0 Å². The van der Waals surface area contributed by atoms with E-state index in [0.29, 0.717) is 11.8 Å². The molecule has 0 N–H and O–H groups in total. The highest BCUT2D eigenvalue weighted by Gasteiger charge is 2.08. The van der Waals surface area contributed by atoms with E-state index in [0.717, 1.165) is 15.6 Å². The fourth-order valence-corrected chi connectivity index (χ4v) is 1.77. The SMILES string of the molecule is Cc1ncc(-c2nc(CCl)co2)s1. The molecule has 0 aliphatic rings. The van der Waals surface area contributed by atoms with E-state index in [9.17, 15) is 0 Å². The summed E-state index contributed by atoms with van der Waals surface area (Å²) in [5.74, 6) is 0.975. The van der Waals surface area contributed by atoms with Crippen molar-refractivity contribution in [3.8, 4) is 10.8 Å². The number of alkyl halides is 1. The molecule has 0 amide bonds. The van der Waals surface area contributed by atoms with Crippen molar-refractivity contribution >= 4 is 22.9 Å². The standard InChI is InChI=1S/C8H7ClN2OS/c1-5-10-3-7(13-5)8-11-6(2-9)4-12-8/h3-4H,2H2,1H3. The first-order valence-electron chi connectivity index (χ1n) is 3.73. The number of aromatic nitrogens is 2. The molecule has 0 unspecified atom stereocenters. The van der Waals surface area contributed by atoms with Crippen LogP contribution in [0.3, 0.4) is 0 Å². The molecule has 0 bridgehead atoms. The number of hydrogen-bond acceptors (Lipinski definition) is 4. The minimum absolute atomic E-state index is 0.376. The largest absolute Gasteiger partial charge is 0.443 e. The van der Waals surface area contributed by atoms with Crippen molar-refractivity contribution in [2.24, 2.45) is 0 Å². The Bertz CT molecular complexity index is 410. The molecule has 2 aromatic rings. The molecule has 13 heavy (non-hydrogen) atoms. The molecule has 0 spiro atoms. The van der Waals surface area contributed by atoms with Gasteiger partial charge in [0.05, 0.1) is 22.8 Å². The third kappa shape index (κ3) is 1.73. The van der Waals surface area contributed by atoms with Crippen LogP contribution in [-0.4, -0.2) is 9.97 Å². The molecule has 3 nitrogen and oxygen atoms in total. The summed E-state index contributed by atoms with van der Waals surface area (Å²) in [4.78, 5) is 9.24. The first-order valence-corrected chi connectivity index (χ1v) is 5.08. The van der Waals surface area contributed by atoms with Gasteiger partial charge in [0.1, 0.15) is 11.1 Å². The third-order valence-electron chi connectivity index (χ3n) is 1.52. The first-order chi connectivity index (χ1) is 6.29. The maximum Gasteiger partial charge on any atom is 0.238 e. The van der Waals surface area contributed by atoms with Crippen LogP contribution in [-0.2, 0) is 5.88 Å². The molecular weight excluding hydrogens is 208 g/mol. The second-order valence-electron chi connectivity index (χ2n) is 2.52. The third-order valence-corrected chi connectivity index (χ3v) is 2.70. The second kappa shape index (κ2) is 3.47. The highest BCUT2D eigenvalue weighted by Crippen LogP contribution is 2.24. The minimum Gasteiger partial charge on any atom is -0.443 e. The van der Waals surface area contributed by atoms with Crippen LogP contribution in [0, 0.1) is 6.92 Å². The van der Waals surface area contributed by atoms with E-state index in [1.165, 1.54) is 0 Å². The molecule has 0 saturated heterocycles. The molecule has 0 saturated carbocycles. The molecule has 0 aliphatic heterocycles. The molecule has 68 valence electrons. The molecular formula is C8H7ClN2OS. The Balaban J connectivity index is 2.35. The zero-order valence-corrected chi connectivity index (χ0v) is 8.52. The van der Waals surface area contributed by atoms with Crippen LogP contribution in [0.4, 0.5) is 0 Å². The zero-order valence-electron chi connectivity index (χ0n) is 6.95. The molecule has 5 heteroatoms. The summed E-state index contributed by atoms with van der Waals surface area (Å²) in [7, 11) is 0. The summed E-state index contributed by atoms with van der Waals surface area (Å²) < 4.78 is 5.23. The molecule has 0 aromatic carbocycles. The highest BCUT2D eigenvalue weighted by atomic mass is 35.5. The van der Waals surface area contributed by atoms with Gasteiger partial charge >= 0.3 is 0 Å². The van der Waals surface area contributed by atoms with Crippen LogP contribution in [0.25, 0.3) is 10.8 Å². The summed E-state index contributed by atoms with van der Waals surface area (Å²) in [6.45, 7) is 1.94. The van der Waals surface area contributed by atoms with Crippen molar-refractivity contribution < 1.29 is 4.42 Å². The zero-order chi connectivity index (χ0) is 9.26. The monoisotopic (exact) mass is 214 g/mol. The molecule has 0 fully saturated rings. The number of thiazole rings is 1. The van der Waals surface area contributed by atoms with Crippen molar-refractivity contribution in [1.29, 1.82) is 0 Å². The van der Waals surface area contributed by atoms with Crippen LogP contribution < -0.4 is 0 Å². The van der Waals surface area contributed by atoms with Gasteiger partial charge in [-0.1, -0.05) is 0 Å². The lowest BCUT2D eigenvalue weighted by atomic mass is 10.5. The fraction of sp³-hybridized carbons (Fsp3) is 0.250. The van der Waals surface area contributed by atoms with E-state index in [1.807, 2.05) is 6.92 Å². The molecule has 2 aromatic heterocycles. The summed E-state index contributed by atoms with van der Waals surface area (Å²) in [6, 6.07) is 0. The second-order valence-corrected chi connectivity index (χ2v) is 4.02. The molecule has 2 heterocycles. The lowest BCUT2D eigenvalue weighted by Crippen LogP contribution is -1.75. The van der Waals surface area contributed by atoms with Crippen molar-refractivity contribution in [2.45, 2.75) is 12.8 Å². The van der Waals surface area contributed by atoms with Crippen molar-refractivity contribution in [1.82, 2.24) is 9.97 Å². The molecule has 0 atom stereocenters. The molecule has 2 rings (SSSR count).